The topological polar surface area (TPSA) is 109 Å². The van der Waals surface area contributed by atoms with Crippen molar-refractivity contribution in [2.75, 3.05) is 32.2 Å². The highest BCUT2D eigenvalue weighted by molar-refractivity contribution is 6.22. The summed E-state index contributed by atoms with van der Waals surface area (Å²) in [6.07, 6.45) is 0.545. The smallest absolute Gasteiger partial charge is 0.261 e. The van der Waals surface area contributed by atoms with Crippen molar-refractivity contribution in [2.45, 2.75) is 6.42 Å². The molecule has 0 saturated heterocycles. The van der Waals surface area contributed by atoms with E-state index in [9.17, 15) is 14.4 Å². The predicted octanol–water partition coefficient (Wildman–Crippen LogP) is 2.47. The second-order valence-corrected chi connectivity index (χ2v) is 6.29. The second kappa shape index (κ2) is 8.99. The fourth-order valence-electron chi connectivity index (χ4n) is 2.96. The normalized spacial score (nSPS) is 12.5. The summed E-state index contributed by atoms with van der Waals surface area (Å²) in [5, 5.41) is 11.2. The van der Waals surface area contributed by atoms with Crippen molar-refractivity contribution < 1.29 is 23.9 Å². The maximum absolute atomic E-state index is 12.6. The third-order valence-corrected chi connectivity index (χ3v) is 4.38. The Bertz CT molecular complexity index is 979. The van der Waals surface area contributed by atoms with Crippen molar-refractivity contribution in [1.29, 1.82) is 5.26 Å². The highest BCUT2D eigenvalue weighted by atomic mass is 16.5. The van der Waals surface area contributed by atoms with Crippen LogP contribution in [0.5, 0.6) is 5.75 Å². The number of amides is 3. The zero-order valence-corrected chi connectivity index (χ0v) is 15.8. The number of benzene rings is 2. The van der Waals surface area contributed by atoms with E-state index in [2.05, 4.69) is 5.32 Å². The summed E-state index contributed by atoms with van der Waals surface area (Å²) in [4.78, 5) is 38.7. The van der Waals surface area contributed by atoms with Gasteiger partial charge < -0.3 is 14.8 Å². The van der Waals surface area contributed by atoms with E-state index in [0.29, 0.717) is 30.0 Å². The number of nitrogens with zero attached hydrogens (tertiary/aromatic N) is 2. The third kappa shape index (κ3) is 4.42. The van der Waals surface area contributed by atoms with Gasteiger partial charge >= 0.3 is 0 Å². The maximum atomic E-state index is 12.6. The van der Waals surface area contributed by atoms with Crippen LogP contribution in [0.3, 0.4) is 0 Å². The molecule has 0 fully saturated rings. The number of hydrogen-bond acceptors (Lipinski definition) is 6. The third-order valence-electron chi connectivity index (χ3n) is 4.38. The van der Waals surface area contributed by atoms with Crippen LogP contribution in [0, 0.1) is 11.3 Å². The predicted molar refractivity (Wildman–Crippen MR) is 104 cm³/mol. The van der Waals surface area contributed by atoms with Gasteiger partial charge in [-0.2, -0.15) is 5.26 Å². The molecule has 1 heterocycles. The Morgan fingerprint density at radius 2 is 1.83 bits per heavy atom. The van der Waals surface area contributed by atoms with E-state index < -0.39 is 11.8 Å². The molecule has 1 N–H and O–H groups in total. The average Bonchev–Trinajstić information content (AvgIpc) is 2.97. The second-order valence-electron chi connectivity index (χ2n) is 6.29. The Balaban J connectivity index is 1.70. The van der Waals surface area contributed by atoms with Crippen molar-refractivity contribution >= 4 is 23.4 Å². The van der Waals surface area contributed by atoms with Crippen LogP contribution in [0.25, 0.3) is 0 Å². The summed E-state index contributed by atoms with van der Waals surface area (Å²) >= 11 is 0. The van der Waals surface area contributed by atoms with Crippen LogP contribution in [0.4, 0.5) is 5.69 Å². The summed E-state index contributed by atoms with van der Waals surface area (Å²) in [7, 11) is 1.56. The monoisotopic (exact) mass is 393 g/mol. The molecule has 0 spiro atoms. The number of anilines is 1. The molecule has 0 unspecified atom stereocenters. The summed E-state index contributed by atoms with van der Waals surface area (Å²) < 4.78 is 10.1. The van der Waals surface area contributed by atoms with Crippen LogP contribution in [0.1, 0.15) is 37.5 Å². The number of rotatable bonds is 8. The zero-order valence-electron chi connectivity index (χ0n) is 15.8. The van der Waals surface area contributed by atoms with E-state index >= 15 is 0 Å². The first-order chi connectivity index (χ1) is 14.0. The first-order valence-electron chi connectivity index (χ1n) is 8.95. The van der Waals surface area contributed by atoms with Gasteiger partial charge in [0.25, 0.3) is 17.7 Å². The lowest BCUT2D eigenvalue weighted by atomic mass is 10.1. The van der Waals surface area contributed by atoms with Gasteiger partial charge in [-0.05, 0) is 48.9 Å². The number of nitrogens with one attached hydrogen (secondary N) is 1. The van der Waals surface area contributed by atoms with Crippen LogP contribution in [0.2, 0.25) is 0 Å². The van der Waals surface area contributed by atoms with Crippen molar-refractivity contribution in [3.63, 3.8) is 0 Å². The highest BCUT2D eigenvalue weighted by Crippen LogP contribution is 2.25. The molecule has 0 aromatic heterocycles. The van der Waals surface area contributed by atoms with Gasteiger partial charge in [0.1, 0.15) is 11.8 Å². The molecule has 3 rings (SSSR count). The lowest BCUT2D eigenvalue weighted by molar-refractivity contribution is 0.0638. The first-order valence-corrected chi connectivity index (χ1v) is 8.95. The quantitative estimate of drug-likeness (QED) is 0.545. The molecular weight excluding hydrogens is 374 g/mol. The van der Waals surface area contributed by atoms with Crippen LogP contribution >= 0.6 is 0 Å². The largest absolute Gasteiger partial charge is 0.479 e. The number of ether oxygens (including phenoxy) is 2. The Kier molecular flexibility index (Phi) is 6.22. The minimum absolute atomic E-state index is 0.0595. The van der Waals surface area contributed by atoms with Crippen LogP contribution in [0.15, 0.2) is 42.5 Å². The van der Waals surface area contributed by atoms with Crippen molar-refractivity contribution in [1.82, 2.24) is 4.90 Å². The number of carbonyl (C=O) groups is 3. The van der Waals surface area contributed by atoms with Crippen LogP contribution in [-0.2, 0) is 4.74 Å². The van der Waals surface area contributed by atoms with Gasteiger partial charge in [0.2, 0.25) is 0 Å². The standard InChI is InChI=1S/C21H19N3O5/c1-28-11-2-10-24-20(26)17-8-3-14(13-18(17)21(24)27)19(25)23-15-4-6-16(7-5-15)29-12-9-22/h3-8,13H,2,10-12H2,1H3,(H,23,25). The SMILES string of the molecule is COCCCN1C(=O)c2ccc(C(=O)Nc3ccc(OCC#N)cc3)cc2C1=O. The molecule has 8 heteroatoms. The maximum Gasteiger partial charge on any atom is 0.261 e. The minimum atomic E-state index is -0.408. The van der Waals surface area contributed by atoms with Gasteiger partial charge in [-0.15, -0.1) is 0 Å². The Labute approximate surface area is 167 Å². The number of imide groups is 1. The molecule has 0 bridgehead atoms. The number of fused-ring (bicyclic) bond motifs is 1. The van der Waals surface area contributed by atoms with Crippen molar-refractivity contribution in [3.8, 4) is 11.8 Å². The van der Waals surface area contributed by atoms with Gasteiger partial charge in [0.15, 0.2) is 6.61 Å². The number of methoxy groups -OCH3 is 1. The van der Waals surface area contributed by atoms with Crippen LogP contribution in [-0.4, -0.2) is 49.5 Å². The Morgan fingerprint density at radius 3 is 2.52 bits per heavy atom. The molecule has 0 atom stereocenters. The van der Waals surface area contributed by atoms with Crippen LogP contribution < -0.4 is 10.1 Å². The number of hydrogen-bond donors (Lipinski definition) is 1. The molecule has 1 aliphatic rings. The Morgan fingerprint density at radius 1 is 1.10 bits per heavy atom. The molecule has 1 aliphatic heterocycles. The molecule has 0 aliphatic carbocycles. The fraction of sp³-hybridized carbons (Fsp3) is 0.238. The molecular formula is C21H19N3O5. The van der Waals surface area contributed by atoms with E-state index in [4.69, 9.17) is 14.7 Å². The summed E-state index contributed by atoms with van der Waals surface area (Å²) in [5.74, 6) is -0.660. The van der Waals surface area contributed by atoms with E-state index in [1.54, 1.807) is 31.4 Å². The van der Waals surface area contributed by atoms with Crippen molar-refractivity contribution in [3.05, 3.63) is 59.2 Å². The van der Waals surface area contributed by atoms with Crippen molar-refractivity contribution in [2.24, 2.45) is 0 Å². The minimum Gasteiger partial charge on any atom is -0.479 e. The lowest BCUT2D eigenvalue weighted by Crippen LogP contribution is -2.31. The molecule has 3 amide bonds. The number of nitriles is 1. The number of carbonyl (C=O) groups excluding carboxylic acids is 3. The Hall–Kier alpha value is -3.70. The van der Waals surface area contributed by atoms with E-state index in [1.807, 2.05) is 6.07 Å². The van der Waals surface area contributed by atoms with Gasteiger partial charge in [-0.3, -0.25) is 19.3 Å². The van der Waals surface area contributed by atoms with E-state index in [0.717, 1.165) is 0 Å². The van der Waals surface area contributed by atoms with Gasteiger partial charge in [0, 0.05) is 31.5 Å². The summed E-state index contributed by atoms with van der Waals surface area (Å²) in [6.45, 7) is 0.652. The van der Waals surface area contributed by atoms with E-state index in [1.165, 1.54) is 23.1 Å². The van der Waals surface area contributed by atoms with Gasteiger partial charge in [-0.1, -0.05) is 0 Å². The van der Waals surface area contributed by atoms with Gasteiger partial charge in [-0.25, -0.2) is 0 Å². The summed E-state index contributed by atoms with van der Waals surface area (Å²) in [5.41, 5.74) is 1.32. The van der Waals surface area contributed by atoms with Gasteiger partial charge in [0.05, 0.1) is 11.1 Å². The highest BCUT2D eigenvalue weighted by Gasteiger charge is 2.35. The fourth-order valence-corrected chi connectivity index (χ4v) is 2.96. The first kappa shape index (κ1) is 20.0. The molecule has 0 radical (unpaired) electrons. The lowest BCUT2D eigenvalue weighted by Gasteiger charge is -2.12. The molecule has 2 aromatic carbocycles. The molecule has 148 valence electrons. The molecule has 2 aromatic rings. The molecule has 8 nitrogen and oxygen atoms in total. The molecule has 0 saturated carbocycles. The van der Waals surface area contributed by atoms with E-state index in [-0.39, 0.29) is 30.2 Å². The average molecular weight is 393 g/mol. The summed E-state index contributed by atoms with van der Waals surface area (Å²) in [6, 6.07) is 12.9. The zero-order chi connectivity index (χ0) is 20.8. The molecule has 29 heavy (non-hydrogen) atoms.